The van der Waals surface area contributed by atoms with E-state index in [1.54, 1.807) is 5.56 Å². The first-order chi connectivity index (χ1) is 7.77. The first kappa shape index (κ1) is 14.8. The monoisotopic (exact) mass is 238 g/mol. The van der Waals surface area contributed by atoms with Crippen molar-refractivity contribution in [2.45, 2.75) is 44.4 Å². The predicted molar refractivity (Wildman–Crippen MR) is 82.6 cm³/mol. The van der Waals surface area contributed by atoms with Crippen molar-refractivity contribution in [3.05, 3.63) is 41.5 Å². The van der Waals surface area contributed by atoms with Gasteiger partial charge in [-0.3, -0.25) is 0 Å². The number of rotatable bonds is 4. The van der Waals surface area contributed by atoms with Gasteiger partial charge in [0.05, 0.1) is 8.07 Å². The summed E-state index contributed by atoms with van der Waals surface area (Å²) >= 11 is 0. The SMILES string of the molecule is CC[Si](CC)(CC)C1C=Cc2ccccc21.[LiH]. The van der Waals surface area contributed by atoms with E-state index in [0.717, 1.165) is 5.54 Å². The van der Waals surface area contributed by atoms with Crippen LogP contribution in [0.3, 0.4) is 0 Å². The van der Waals surface area contributed by atoms with Crippen LogP contribution in [0.2, 0.25) is 18.1 Å². The quantitative estimate of drug-likeness (QED) is 0.690. The zero-order valence-electron chi connectivity index (χ0n) is 10.7. The van der Waals surface area contributed by atoms with Crippen molar-refractivity contribution in [1.29, 1.82) is 0 Å². The first-order valence-corrected chi connectivity index (χ1v) is 9.24. The fraction of sp³-hybridized carbons (Fsp3) is 0.467. The van der Waals surface area contributed by atoms with Gasteiger partial charge in [-0.1, -0.05) is 75.3 Å². The fourth-order valence-electron chi connectivity index (χ4n) is 3.19. The molecule has 2 rings (SSSR count). The van der Waals surface area contributed by atoms with Gasteiger partial charge in [0.25, 0.3) is 0 Å². The third-order valence-electron chi connectivity index (χ3n) is 4.57. The van der Waals surface area contributed by atoms with Gasteiger partial charge < -0.3 is 0 Å². The van der Waals surface area contributed by atoms with E-state index in [-0.39, 0.29) is 18.9 Å². The predicted octanol–water partition coefficient (Wildman–Crippen LogP) is 4.20. The summed E-state index contributed by atoms with van der Waals surface area (Å²) in [6.07, 6.45) is 4.82. The van der Waals surface area contributed by atoms with E-state index < -0.39 is 8.07 Å². The molecule has 1 aliphatic carbocycles. The molecule has 0 heterocycles. The van der Waals surface area contributed by atoms with E-state index in [4.69, 9.17) is 0 Å². The minimum absolute atomic E-state index is 0. The van der Waals surface area contributed by atoms with E-state index >= 15 is 0 Å². The molecule has 0 fully saturated rings. The molecule has 0 spiro atoms. The number of hydrogen-bond donors (Lipinski definition) is 0. The average Bonchev–Trinajstić information content (AvgIpc) is 2.77. The van der Waals surface area contributed by atoms with Crippen molar-refractivity contribution in [3.63, 3.8) is 0 Å². The summed E-state index contributed by atoms with van der Waals surface area (Å²) in [7, 11) is -1.12. The maximum absolute atomic E-state index is 2.48. The number of hydrogen-bond acceptors (Lipinski definition) is 0. The first-order valence-electron chi connectivity index (χ1n) is 6.54. The van der Waals surface area contributed by atoms with E-state index in [9.17, 15) is 0 Å². The van der Waals surface area contributed by atoms with Gasteiger partial charge in [-0.2, -0.15) is 0 Å². The molecule has 0 N–H and O–H groups in total. The summed E-state index contributed by atoms with van der Waals surface area (Å²) < 4.78 is 0. The zero-order valence-corrected chi connectivity index (χ0v) is 11.7. The summed E-state index contributed by atoms with van der Waals surface area (Å²) in [6.45, 7) is 7.19. The van der Waals surface area contributed by atoms with E-state index in [1.165, 1.54) is 23.7 Å². The molecule has 2 heteroatoms. The van der Waals surface area contributed by atoms with Crippen molar-refractivity contribution in [3.8, 4) is 0 Å². The molecule has 88 valence electrons. The molecule has 1 aliphatic rings. The van der Waals surface area contributed by atoms with Crippen molar-refractivity contribution in [2.75, 3.05) is 0 Å². The van der Waals surface area contributed by atoms with Crippen LogP contribution in [0.15, 0.2) is 30.3 Å². The molecule has 1 atom stereocenters. The van der Waals surface area contributed by atoms with E-state index in [2.05, 4.69) is 57.2 Å². The van der Waals surface area contributed by atoms with E-state index in [1.807, 2.05) is 0 Å². The Morgan fingerprint density at radius 3 is 2.18 bits per heavy atom. The summed E-state index contributed by atoms with van der Waals surface area (Å²) in [4.78, 5) is 0. The number of allylic oxidation sites excluding steroid dienone is 1. The average molecular weight is 238 g/mol. The third-order valence-corrected chi connectivity index (χ3v) is 10.6. The fourth-order valence-corrected chi connectivity index (χ4v) is 7.44. The van der Waals surface area contributed by atoms with Crippen molar-refractivity contribution in [1.82, 2.24) is 0 Å². The number of benzene rings is 1. The normalized spacial score (nSPS) is 17.7. The molecule has 0 amide bonds. The second-order valence-electron chi connectivity index (χ2n) is 4.89. The van der Waals surface area contributed by atoms with Crippen LogP contribution in [0.25, 0.3) is 6.08 Å². The van der Waals surface area contributed by atoms with Crippen LogP contribution in [-0.2, 0) is 0 Å². The molecular formula is C15H23LiSi. The third kappa shape index (κ3) is 2.47. The summed E-state index contributed by atoms with van der Waals surface area (Å²) in [5, 5.41) is 0. The van der Waals surface area contributed by atoms with Crippen LogP contribution in [0.1, 0.15) is 37.4 Å². The summed E-state index contributed by atoms with van der Waals surface area (Å²) in [6, 6.07) is 13.2. The van der Waals surface area contributed by atoms with Gasteiger partial charge in [0.1, 0.15) is 0 Å². The maximum atomic E-state index is 2.48. The molecule has 1 unspecified atom stereocenters. The molecule has 0 aromatic heterocycles. The van der Waals surface area contributed by atoms with Crippen LogP contribution in [0, 0.1) is 0 Å². The molecule has 17 heavy (non-hydrogen) atoms. The zero-order chi connectivity index (χ0) is 11.6. The second kappa shape index (κ2) is 6.09. The molecular weight excluding hydrogens is 215 g/mol. The molecule has 1 aromatic carbocycles. The Morgan fingerprint density at radius 1 is 1.00 bits per heavy atom. The molecule has 0 saturated heterocycles. The van der Waals surface area contributed by atoms with Crippen molar-refractivity contribution < 1.29 is 0 Å². The summed E-state index contributed by atoms with van der Waals surface area (Å²) in [5.41, 5.74) is 3.82. The Labute approximate surface area is 119 Å². The Balaban J connectivity index is 0.00000144. The van der Waals surface area contributed by atoms with Crippen LogP contribution < -0.4 is 0 Å². The molecule has 1 aromatic rings. The van der Waals surface area contributed by atoms with Gasteiger partial charge in [-0.25, -0.2) is 0 Å². The number of fused-ring (bicyclic) bond motifs is 1. The van der Waals surface area contributed by atoms with E-state index in [0.29, 0.717) is 0 Å². The van der Waals surface area contributed by atoms with Crippen molar-refractivity contribution >= 4 is 33.0 Å². The van der Waals surface area contributed by atoms with Gasteiger partial charge in [-0.05, 0) is 16.7 Å². The van der Waals surface area contributed by atoms with Crippen molar-refractivity contribution in [2.24, 2.45) is 0 Å². The van der Waals surface area contributed by atoms with Gasteiger partial charge in [0.15, 0.2) is 0 Å². The summed E-state index contributed by atoms with van der Waals surface area (Å²) in [5.74, 6) is 0. The van der Waals surface area contributed by atoms with Gasteiger partial charge in [0, 0.05) is 0 Å². The Kier molecular flexibility index (Phi) is 5.32. The van der Waals surface area contributed by atoms with Crippen LogP contribution in [0.4, 0.5) is 0 Å². The van der Waals surface area contributed by atoms with Gasteiger partial charge in [-0.15, -0.1) is 0 Å². The molecule has 0 aliphatic heterocycles. The standard InChI is InChI=1S/C15H22Si.Li.H/c1-4-16(5-2,6-3)15-12-11-13-9-7-8-10-14(13)15;;/h7-12,15H,4-6H2,1-3H3;;. The minimum atomic E-state index is -1.12. The van der Waals surface area contributed by atoms with Crippen LogP contribution >= 0.6 is 0 Å². The Hall–Kier alpha value is -0.226. The Morgan fingerprint density at radius 2 is 1.59 bits per heavy atom. The molecule has 0 saturated carbocycles. The molecule has 0 bridgehead atoms. The Bertz CT molecular complexity index is 385. The molecule has 0 radical (unpaired) electrons. The van der Waals surface area contributed by atoms with Gasteiger partial charge in [0.2, 0.25) is 0 Å². The van der Waals surface area contributed by atoms with Gasteiger partial charge >= 0.3 is 18.9 Å². The molecule has 0 nitrogen and oxygen atoms in total. The van der Waals surface area contributed by atoms with Crippen LogP contribution in [0.5, 0.6) is 0 Å². The second-order valence-corrected chi connectivity index (χ2v) is 10.4. The van der Waals surface area contributed by atoms with Crippen LogP contribution in [-0.4, -0.2) is 26.9 Å². The topological polar surface area (TPSA) is 0 Å².